The first-order chi connectivity index (χ1) is 7.40. The Morgan fingerprint density at radius 1 is 1.50 bits per heavy atom. The minimum atomic E-state index is -0.506. The second kappa shape index (κ2) is 4.96. The lowest BCUT2D eigenvalue weighted by atomic mass is 10.2. The third kappa shape index (κ3) is 4.29. The van der Waals surface area contributed by atoms with Gasteiger partial charge in [0.05, 0.1) is 0 Å². The van der Waals surface area contributed by atoms with E-state index in [9.17, 15) is 4.79 Å². The molecule has 0 atom stereocenters. The van der Waals surface area contributed by atoms with Gasteiger partial charge in [0, 0.05) is 6.42 Å². The molecule has 1 aromatic heterocycles. The summed E-state index contributed by atoms with van der Waals surface area (Å²) in [6.45, 7) is 7.51. The first-order valence-electron chi connectivity index (χ1n) is 5.19. The van der Waals surface area contributed by atoms with Gasteiger partial charge >= 0.3 is 6.09 Å². The number of rotatable bonds is 3. The molecular weight excluding hydrogens is 210 g/mol. The monoisotopic (exact) mass is 227 g/mol. The van der Waals surface area contributed by atoms with Gasteiger partial charge in [0.15, 0.2) is 5.82 Å². The highest BCUT2D eigenvalue weighted by Crippen LogP contribution is 2.06. The molecule has 16 heavy (non-hydrogen) atoms. The molecule has 0 fully saturated rings. The minimum Gasteiger partial charge on any atom is -0.444 e. The van der Waals surface area contributed by atoms with Crippen molar-refractivity contribution in [3.63, 3.8) is 0 Å². The van der Waals surface area contributed by atoms with E-state index in [1.54, 1.807) is 20.8 Å². The van der Waals surface area contributed by atoms with E-state index in [1.807, 2.05) is 6.92 Å². The summed E-state index contributed by atoms with van der Waals surface area (Å²) in [7, 11) is 0. The lowest BCUT2D eigenvalue weighted by Gasteiger charge is -2.19. The third-order valence-corrected chi connectivity index (χ3v) is 1.61. The Kier molecular flexibility index (Phi) is 3.87. The Bertz CT molecular complexity index is 354. The van der Waals surface area contributed by atoms with Crippen molar-refractivity contribution in [3.8, 4) is 0 Å². The normalized spacial score (nSPS) is 11.2. The third-order valence-electron chi connectivity index (χ3n) is 1.61. The zero-order valence-electron chi connectivity index (χ0n) is 10.0. The number of amides is 1. The van der Waals surface area contributed by atoms with Gasteiger partial charge in [0.25, 0.3) is 0 Å². The van der Waals surface area contributed by atoms with Crippen LogP contribution in [-0.2, 0) is 17.7 Å². The number of ether oxygens (including phenoxy) is 1. The first-order valence-corrected chi connectivity index (χ1v) is 5.19. The molecule has 1 heterocycles. The van der Waals surface area contributed by atoms with Crippen LogP contribution >= 0.6 is 0 Å². The molecule has 1 aromatic rings. The molecule has 0 saturated heterocycles. The number of alkyl carbamates (subject to hydrolysis) is 1. The van der Waals surface area contributed by atoms with Crippen LogP contribution in [0.25, 0.3) is 0 Å². The van der Waals surface area contributed by atoms with Crippen molar-refractivity contribution >= 4 is 6.09 Å². The molecule has 6 nitrogen and oxygen atoms in total. The Hall–Kier alpha value is -1.59. The van der Waals surface area contributed by atoms with Crippen LogP contribution in [0.3, 0.4) is 0 Å². The van der Waals surface area contributed by atoms with Crippen molar-refractivity contribution in [2.75, 3.05) is 0 Å². The molecule has 0 unspecified atom stereocenters. The van der Waals surface area contributed by atoms with Crippen molar-refractivity contribution in [3.05, 3.63) is 11.7 Å². The molecule has 0 aliphatic heterocycles. The van der Waals surface area contributed by atoms with Crippen LogP contribution in [0, 0.1) is 0 Å². The van der Waals surface area contributed by atoms with Gasteiger partial charge in [0.1, 0.15) is 12.1 Å². The number of aryl methyl sites for hydroxylation is 1. The second-order valence-corrected chi connectivity index (χ2v) is 4.31. The maximum Gasteiger partial charge on any atom is 0.408 e. The highest BCUT2D eigenvalue weighted by atomic mass is 16.6. The van der Waals surface area contributed by atoms with Crippen LogP contribution in [0.5, 0.6) is 0 Å². The van der Waals surface area contributed by atoms with Crippen molar-refractivity contribution < 1.29 is 14.1 Å². The van der Waals surface area contributed by atoms with Gasteiger partial charge in [-0.25, -0.2) is 4.79 Å². The largest absolute Gasteiger partial charge is 0.444 e. The maximum absolute atomic E-state index is 11.3. The van der Waals surface area contributed by atoms with Gasteiger partial charge in [-0.05, 0) is 20.8 Å². The molecule has 6 heteroatoms. The molecule has 0 radical (unpaired) electrons. The summed E-state index contributed by atoms with van der Waals surface area (Å²) < 4.78 is 9.96. The molecule has 90 valence electrons. The highest BCUT2D eigenvalue weighted by Gasteiger charge is 2.16. The van der Waals surface area contributed by atoms with Gasteiger partial charge < -0.3 is 14.6 Å². The van der Waals surface area contributed by atoms with Crippen LogP contribution in [0.15, 0.2) is 4.52 Å². The Balaban J connectivity index is 2.37. The van der Waals surface area contributed by atoms with E-state index in [0.29, 0.717) is 18.1 Å². The first kappa shape index (κ1) is 12.5. The molecule has 0 aromatic carbocycles. The van der Waals surface area contributed by atoms with E-state index in [-0.39, 0.29) is 6.54 Å². The lowest BCUT2D eigenvalue weighted by molar-refractivity contribution is 0.0518. The summed E-state index contributed by atoms with van der Waals surface area (Å²) in [5, 5.41) is 6.24. The second-order valence-electron chi connectivity index (χ2n) is 4.31. The van der Waals surface area contributed by atoms with E-state index >= 15 is 0 Å². The number of nitrogens with one attached hydrogen (secondary N) is 1. The number of aromatic nitrogens is 2. The van der Waals surface area contributed by atoms with E-state index in [1.165, 1.54) is 0 Å². The predicted octanol–water partition coefficient (Wildman–Crippen LogP) is 1.66. The van der Waals surface area contributed by atoms with Crippen molar-refractivity contribution in [1.82, 2.24) is 15.5 Å². The molecule has 1 N–H and O–H groups in total. The average molecular weight is 227 g/mol. The highest BCUT2D eigenvalue weighted by molar-refractivity contribution is 5.67. The molecular formula is C10H17N3O3. The summed E-state index contributed by atoms with van der Waals surface area (Å²) in [5.74, 6) is 1.00. The fourth-order valence-corrected chi connectivity index (χ4v) is 0.968. The average Bonchev–Trinajstić information content (AvgIpc) is 2.59. The van der Waals surface area contributed by atoms with E-state index in [0.717, 1.165) is 0 Å². The van der Waals surface area contributed by atoms with Crippen LogP contribution in [0.2, 0.25) is 0 Å². The number of hydrogen-bond donors (Lipinski definition) is 1. The Labute approximate surface area is 94.4 Å². The van der Waals surface area contributed by atoms with Gasteiger partial charge in [-0.15, -0.1) is 0 Å². The van der Waals surface area contributed by atoms with Crippen LogP contribution in [-0.4, -0.2) is 21.8 Å². The zero-order chi connectivity index (χ0) is 12.2. The Morgan fingerprint density at radius 2 is 2.19 bits per heavy atom. The SMILES string of the molecule is CCc1noc(CNC(=O)OC(C)(C)C)n1. The smallest absolute Gasteiger partial charge is 0.408 e. The van der Waals surface area contributed by atoms with Crippen molar-refractivity contribution in [2.24, 2.45) is 0 Å². The fourth-order valence-electron chi connectivity index (χ4n) is 0.968. The van der Waals surface area contributed by atoms with E-state index < -0.39 is 11.7 Å². The minimum absolute atomic E-state index is 0.182. The Morgan fingerprint density at radius 3 is 2.69 bits per heavy atom. The number of nitrogens with zero attached hydrogens (tertiary/aromatic N) is 2. The predicted molar refractivity (Wildman–Crippen MR) is 56.7 cm³/mol. The number of hydrogen-bond acceptors (Lipinski definition) is 5. The molecule has 0 bridgehead atoms. The molecule has 0 saturated carbocycles. The number of carbonyl (C=O) groups is 1. The standard InChI is InChI=1S/C10H17N3O3/c1-5-7-12-8(16-13-7)6-11-9(14)15-10(2,3)4/h5-6H2,1-4H3,(H,11,14). The topological polar surface area (TPSA) is 77.2 Å². The summed E-state index contributed by atoms with van der Waals surface area (Å²) >= 11 is 0. The van der Waals surface area contributed by atoms with Gasteiger partial charge in [-0.1, -0.05) is 12.1 Å². The summed E-state index contributed by atoms with van der Waals surface area (Å²) in [5.41, 5.74) is -0.506. The van der Waals surface area contributed by atoms with Gasteiger partial charge in [0.2, 0.25) is 5.89 Å². The summed E-state index contributed by atoms with van der Waals surface area (Å²) in [6, 6.07) is 0. The number of carbonyl (C=O) groups excluding carboxylic acids is 1. The summed E-state index contributed by atoms with van der Waals surface area (Å²) in [4.78, 5) is 15.3. The molecule has 1 amide bonds. The van der Waals surface area contributed by atoms with Crippen LogP contribution < -0.4 is 5.32 Å². The molecule has 0 aliphatic carbocycles. The van der Waals surface area contributed by atoms with Crippen molar-refractivity contribution in [2.45, 2.75) is 46.3 Å². The van der Waals surface area contributed by atoms with Crippen molar-refractivity contribution in [1.29, 1.82) is 0 Å². The lowest BCUT2D eigenvalue weighted by Crippen LogP contribution is -2.32. The van der Waals surface area contributed by atoms with E-state index in [4.69, 9.17) is 9.26 Å². The fraction of sp³-hybridized carbons (Fsp3) is 0.700. The van der Waals surface area contributed by atoms with Gasteiger partial charge in [-0.2, -0.15) is 4.98 Å². The molecule has 1 rings (SSSR count). The van der Waals surface area contributed by atoms with E-state index in [2.05, 4.69) is 15.5 Å². The molecule has 0 spiro atoms. The van der Waals surface area contributed by atoms with Gasteiger partial charge in [-0.3, -0.25) is 0 Å². The summed E-state index contributed by atoms with van der Waals surface area (Å²) in [6.07, 6.45) is 0.208. The van der Waals surface area contributed by atoms with Crippen LogP contribution in [0.1, 0.15) is 39.4 Å². The zero-order valence-corrected chi connectivity index (χ0v) is 10.0. The maximum atomic E-state index is 11.3. The van der Waals surface area contributed by atoms with Crippen LogP contribution in [0.4, 0.5) is 4.79 Å². The quantitative estimate of drug-likeness (QED) is 0.849. The molecule has 0 aliphatic rings.